The third-order valence-electron chi connectivity index (χ3n) is 2.05. The second-order valence-electron chi connectivity index (χ2n) is 2.95. The fourth-order valence-corrected chi connectivity index (χ4v) is 1.27. The first-order chi connectivity index (χ1) is 6.36. The highest BCUT2D eigenvalue weighted by atomic mass is 16.1. The zero-order valence-corrected chi connectivity index (χ0v) is 7.42. The second-order valence-corrected chi connectivity index (χ2v) is 2.95. The lowest BCUT2D eigenvalue weighted by Crippen LogP contribution is -2.13. The third-order valence-corrected chi connectivity index (χ3v) is 2.05. The first-order valence-electron chi connectivity index (χ1n) is 4.32. The topological polar surface area (TPSA) is 52.9 Å². The van der Waals surface area contributed by atoms with Gasteiger partial charge in [-0.25, -0.2) is 0 Å². The average molecular weight is 176 g/mol. The zero-order valence-electron chi connectivity index (χ0n) is 7.42. The molecule has 0 saturated heterocycles. The lowest BCUT2D eigenvalue weighted by Gasteiger charge is -2.09. The second kappa shape index (κ2) is 5.15. The van der Waals surface area contributed by atoms with Crippen LogP contribution in [0, 0.1) is 11.3 Å². The summed E-state index contributed by atoms with van der Waals surface area (Å²) in [6.07, 6.45) is 7.21. The molecule has 0 fully saturated rings. The molecule has 68 valence electrons. The number of carbonyl (C=O) groups excluding carboxylic acids is 1. The van der Waals surface area contributed by atoms with Gasteiger partial charge in [-0.1, -0.05) is 11.6 Å². The van der Waals surface area contributed by atoms with Crippen molar-refractivity contribution in [2.24, 2.45) is 0 Å². The first-order valence-corrected chi connectivity index (χ1v) is 4.32. The van der Waals surface area contributed by atoms with Crippen LogP contribution in [-0.4, -0.2) is 13.0 Å². The Kier molecular flexibility index (Phi) is 3.77. The van der Waals surface area contributed by atoms with Crippen LogP contribution in [0.15, 0.2) is 23.3 Å². The lowest BCUT2D eigenvalue weighted by atomic mass is 9.97. The summed E-state index contributed by atoms with van der Waals surface area (Å²) in [5.74, 6) is 0. The van der Waals surface area contributed by atoms with Gasteiger partial charge >= 0.3 is 0 Å². The number of hydrogen-bond donors (Lipinski definition) is 1. The van der Waals surface area contributed by atoms with E-state index in [1.54, 1.807) is 0 Å². The molecule has 0 unspecified atom stereocenters. The normalized spacial score (nSPS) is 15.3. The third kappa shape index (κ3) is 3.12. The van der Waals surface area contributed by atoms with Gasteiger partial charge in [-0.05, 0) is 25.3 Å². The van der Waals surface area contributed by atoms with Crippen LogP contribution in [-0.2, 0) is 4.79 Å². The highest BCUT2D eigenvalue weighted by molar-refractivity contribution is 5.45. The fraction of sp³-hybridized carbons (Fsp3) is 0.400. The molecule has 3 nitrogen and oxygen atoms in total. The first kappa shape index (κ1) is 9.53. The number of nitrogens with zero attached hydrogens (tertiary/aromatic N) is 1. The SMILES string of the molecule is N#CC1=CC=C(CCNC=O)CC1. The molecule has 0 atom stereocenters. The molecule has 0 aromatic heterocycles. The lowest BCUT2D eigenvalue weighted by molar-refractivity contribution is -0.109. The Hall–Kier alpha value is -1.56. The Morgan fingerprint density at radius 2 is 2.38 bits per heavy atom. The summed E-state index contributed by atoms with van der Waals surface area (Å²) in [5, 5.41) is 11.2. The van der Waals surface area contributed by atoms with Gasteiger partial charge in [-0.2, -0.15) is 5.26 Å². The number of allylic oxidation sites excluding steroid dienone is 3. The van der Waals surface area contributed by atoms with Crippen LogP contribution in [0.4, 0.5) is 0 Å². The zero-order chi connectivity index (χ0) is 9.52. The van der Waals surface area contributed by atoms with E-state index in [9.17, 15) is 4.79 Å². The minimum Gasteiger partial charge on any atom is -0.358 e. The minimum atomic E-state index is 0.686. The van der Waals surface area contributed by atoms with Crippen molar-refractivity contribution in [3.63, 3.8) is 0 Å². The molecule has 1 rings (SSSR count). The van der Waals surface area contributed by atoms with Crippen LogP contribution in [0.25, 0.3) is 0 Å². The summed E-state index contributed by atoms with van der Waals surface area (Å²) in [7, 11) is 0. The number of carbonyl (C=O) groups is 1. The van der Waals surface area contributed by atoms with E-state index < -0.39 is 0 Å². The molecule has 0 bridgehead atoms. The molecule has 1 aliphatic rings. The van der Waals surface area contributed by atoms with E-state index in [-0.39, 0.29) is 0 Å². The van der Waals surface area contributed by atoms with E-state index in [0.29, 0.717) is 13.0 Å². The van der Waals surface area contributed by atoms with Crippen molar-refractivity contribution < 1.29 is 4.79 Å². The molecule has 0 saturated carbocycles. The van der Waals surface area contributed by atoms with Crippen LogP contribution in [0.2, 0.25) is 0 Å². The van der Waals surface area contributed by atoms with Crippen molar-refractivity contribution >= 4 is 6.41 Å². The molecule has 0 heterocycles. The minimum absolute atomic E-state index is 0.686. The number of nitrogens with one attached hydrogen (secondary N) is 1. The van der Waals surface area contributed by atoms with Crippen molar-refractivity contribution in [3.05, 3.63) is 23.3 Å². The maximum Gasteiger partial charge on any atom is 0.207 e. The highest BCUT2D eigenvalue weighted by Gasteiger charge is 2.04. The van der Waals surface area contributed by atoms with E-state index in [0.717, 1.165) is 24.8 Å². The molecular weight excluding hydrogens is 164 g/mol. The molecule has 0 spiro atoms. The Morgan fingerprint density at radius 3 is 2.92 bits per heavy atom. The standard InChI is InChI=1S/C10H12N2O/c11-7-10-3-1-9(2-4-10)5-6-12-8-13/h1,3,8H,2,4-6H2,(H,12,13). The quantitative estimate of drug-likeness (QED) is 0.518. The molecule has 0 radical (unpaired) electrons. The van der Waals surface area contributed by atoms with Gasteiger partial charge in [-0.3, -0.25) is 4.79 Å². The summed E-state index contributed by atoms with van der Waals surface area (Å²) in [4.78, 5) is 9.96. The number of hydrogen-bond acceptors (Lipinski definition) is 2. The maximum absolute atomic E-state index is 9.96. The van der Waals surface area contributed by atoms with E-state index >= 15 is 0 Å². The van der Waals surface area contributed by atoms with Gasteiger partial charge in [-0.15, -0.1) is 0 Å². The molecule has 3 heteroatoms. The Balaban J connectivity index is 2.37. The number of amides is 1. The Bertz CT molecular complexity index is 284. The van der Waals surface area contributed by atoms with Gasteiger partial charge in [0.1, 0.15) is 0 Å². The molecule has 0 aromatic rings. The summed E-state index contributed by atoms with van der Waals surface area (Å²) < 4.78 is 0. The van der Waals surface area contributed by atoms with Crippen LogP contribution in [0.3, 0.4) is 0 Å². The molecule has 1 N–H and O–H groups in total. The average Bonchev–Trinajstić information content (AvgIpc) is 2.19. The summed E-state index contributed by atoms with van der Waals surface area (Å²) >= 11 is 0. The van der Waals surface area contributed by atoms with Gasteiger partial charge < -0.3 is 5.32 Å². The van der Waals surface area contributed by atoms with Gasteiger partial charge in [0, 0.05) is 12.1 Å². The van der Waals surface area contributed by atoms with Gasteiger partial charge in [0.15, 0.2) is 0 Å². The Labute approximate surface area is 77.7 Å². The summed E-state index contributed by atoms with van der Waals surface area (Å²) in [6.45, 7) is 0.686. The smallest absolute Gasteiger partial charge is 0.207 e. The van der Waals surface area contributed by atoms with Crippen molar-refractivity contribution in [1.29, 1.82) is 5.26 Å². The van der Waals surface area contributed by atoms with Crippen molar-refractivity contribution in [3.8, 4) is 6.07 Å². The van der Waals surface area contributed by atoms with Crippen molar-refractivity contribution in [2.45, 2.75) is 19.3 Å². The predicted octanol–water partition coefficient (Wildman–Crippen LogP) is 1.29. The molecule has 1 aliphatic carbocycles. The van der Waals surface area contributed by atoms with Gasteiger partial charge in [0.25, 0.3) is 0 Å². The van der Waals surface area contributed by atoms with Crippen LogP contribution < -0.4 is 5.32 Å². The molecule has 1 amide bonds. The number of rotatable bonds is 4. The molecule has 13 heavy (non-hydrogen) atoms. The van der Waals surface area contributed by atoms with E-state index in [1.165, 1.54) is 5.57 Å². The monoisotopic (exact) mass is 176 g/mol. The Morgan fingerprint density at radius 1 is 1.54 bits per heavy atom. The van der Waals surface area contributed by atoms with Crippen LogP contribution >= 0.6 is 0 Å². The molecule has 0 aromatic carbocycles. The van der Waals surface area contributed by atoms with Crippen molar-refractivity contribution in [1.82, 2.24) is 5.32 Å². The highest BCUT2D eigenvalue weighted by Crippen LogP contribution is 2.19. The van der Waals surface area contributed by atoms with Crippen LogP contribution in [0.5, 0.6) is 0 Å². The van der Waals surface area contributed by atoms with Gasteiger partial charge in [0.2, 0.25) is 6.41 Å². The maximum atomic E-state index is 9.96. The van der Waals surface area contributed by atoms with Crippen LogP contribution in [0.1, 0.15) is 19.3 Å². The largest absolute Gasteiger partial charge is 0.358 e. The molecular formula is C10H12N2O. The van der Waals surface area contributed by atoms with E-state index in [4.69, 9.17) is 5.26 Å². The molecule has 0 aliphatic heterocycles. The summed E-state index contributed by atoms with van der Waals surface area (Å²) in [5.41, 5.74) is 2.14. The number of nitriles is 1. The van der Waals surface area contributed by atoms with E-state index in [1.807, 2.05) is 12.2 Å². The van der Waals surface area contributed by atoms with E-state index in [2.05, 4.69) is 11.4 Å². The predicted molar refractivity (Wildman–Crippen MR) is 49.7 cm³/mol. The van der Waals surface area contributed by atoms with Crippen molar-refractivity contribution in [2.75, 3.05) is 6.54 Å². The summed E-state index contributed by atoms with van der Waals surface area (Å²) in [6, 6.07) is 2.14. The fourth-order valence-electron chi connectivity index (χ4n) is 1.27. The van der Waals surface area contributed by atoms with Gasteiger partial charge in [0.05, 0.1) is 6.07 Å².